The third-order valence-corrected chi connectivity index (χ3v) is 6.23. The molecule has 4 heterocycles. The molecule has 2 saturated heterocycles. The molecule has 30 heavy (non-hydrogen) atoms. The van der Waals surface area contributed by atoms with E-state index >= 15 is 0 Å². The number of likely N-dealkylation sites (tertiary alicyclic amines) is 1. The van der Waals surface area contributed by atoms with Crippen molar-refractivity contribution < 1.29 is 14.6 Å². The molecule has 7 nitrogen and oxygen atoms in total. The van der Waals surface area contributed by atoms with Crippen molar-refractivity contribution in [1.82, 2.24) is 20.1 Å². The van der Waals surface area contributed by atoms with Gasteiger partial charge in [-0.25, -0.2) is 0 Å². The Labute approximate surface area is 174 Å². The van der Waals surface area contributed by atoms with Crippen LogP contribution in [0, 0.1) is 0 Å². The maximum absolute atomic E-state index is 12.1. The van der Waals surface area contributed by atoms with Crippen LogP contribution in [-0.2, 0) is 9.53 Å². The summed E-state index contributed by atoms with van der Waals surface area (Å²) in [5.74, 6) is 0.648. The fourth-order valence-electron chi connectivity index (χ4n) is 4.70. The predicted molar refractivity (Wildman–Crippen MR) is 113 cm³/mol. The van der Waals surface area contributed by atoms with Crippen LogP contribution >= 0.6 is 0 Å². The number of H-pyrrole nitrogens is 1. The number of amides is 1. The molecule has 7 heteroatoms. The van der Waals surface area contributed by atoms with Crippen molar-refractivity contribution in [3.05, 3.63) is 54.2 Å². The second-order valence-electron chi connectivity index (χ2n) is 8.00. The summed E-state index contributed by atoms with van der Waals surface area (Å²) in [5, 5.41) is 20.1. The van der Waals surface area contributed by atoms with Crippen molar-refractivity contribution in [2.75, 3.05) is 26.3 Å². The summed E-state index contributed by atoms with van der Waals surface area (Å²) >= 11 is 0. The maximum atomic E-state index is 12.1. The molecule has 1 aromatic carbocycles. The number of aromatic nitrogens is 3. The number of phenolic OH excluding ortho intramolecular Hbond substituents is 1. The number of fused-ring (bicyclic) bond motifs is 1. The van der Waals surface area contributed by atoms with Gasteiger partial charge in [0.15, 0.2) is 5.65 Å². The Hall–Kier alpha value is -3.19. The third-order valence-electron chi connectivity index (χ3n) is 6.23. The van der Waals surface area contributed by atoms with Crippen LogP contribution in [0.4, 0.5) is 0 Å². The van der Waals surface area contributed by atoms with Gasteiger partial charge in [-0.1, -0.05) is 18.7 Å². The van der Waals surface area contributed by atoms with E-state index in [0.29, 0.717) is 24.4 Å². The van der Waals surface area contributed by atoms with E-state index in [0.717, 1.165) is 42.7 Å². The standard InChI is InChI=1S/C23H24N4O3/c1-2-20(29)27-9-7-14(12-27)22-21(15-8-10-30-13-15)17-11-18(25-26-23(17)24-22)16-5-3-4-6-19(16)28/h2-6,11,14-15,28H,1,7-10,12-13H2,(H,24,26). The number of para-hydroxylation sites is 1. The van der Waals surface area contributed by atoms with Crippen LogP contribution < -0.4 is 0 Å². The molecule has 2 unspecified atom stereocenters. The van der Waals surface area contributed by atoms with Crippen molar-refractivity contribution in [2.24, 2.45) is 0 Å². The van der Waals surface area contributed by atoms with Gasteiger partial charge in [-0.05, 0) is 42.7 Å². The minimum atomic E-state index is -0.0269. The van der Waals surface area contributed by atoms with Gasteiger partial charge in [0.25, 0.3) is 0 Å². The highest BCUT2D eigenvalue weighted by molar-refractivity contribution is 5.88. The lowest BCUT2D eigenvalue weighted by molar-refractivity contribution is -0.125. The predicted octanol–water partition coefficient (Wildman–Crippen LogP) is 3.34. The summed E-state index contributed by atoms with van der Waals surface area (Å²) < 4.78 is 5.69. The Morgan fingerprint density at radius 1 is 1.27 bits per heavy atom. The summed E-state index contributed by atoms with van der Waals surface area (Å²) in [4.78, 5) is 17.4. The lowest BCUT2D eigenvalue weighted by atomic mass is 9.90. The fourth-order valence-corrected chi connectivity index (χ4v) is 4.70. The number of carbonyl (C=O) groups excluding carboxylic acids is 1. The highest BCUT2D eigenvalue weighted by Gasteiger charge is 2.33. The van der Waals surface area contributed by atoms with Crippen molar-refractivity contribution >= 4 is 16.9 Å². The molecule has 2 aliphatic heterocycles. The lowest BCUT2D eigenvalue weighted by Crippen LogP contribution is -2.26. The SMILES string of the molecule is C=CC(=O)N1CCC(c2[nH]c3nnc(-c4ccccc4O)cc3c2C2CCOC2)C1. The number of ether oxygens (including phenoxy) is 1. The molecule has 2 fully saturated rings. The summed E-state index contributed by atoms with van der Waals surface area (Å²) in [6.07, 6.45) is 3.23. The van der Waals surface area contributed by atoms with Gasteiger partial charge in [-0.2, -0.15) is 0 Å². The quantitative estimate of drug-likeness (QED) is 0.651. The second kappa shape index (κ2) is 7.57. The van der Waals surface area contributed by atoms with Gasteiger partial charge in [0.05, 0.1) is 12.3 Å². The van der Waals surface area contributed by atoms with Gasteiger partial charge in [0.2, 0.25) is 5.91 Å². The van der Waals surface area contributed by atoms with Gasteiger partial charge in [-0.15, -0.1) is 10.2 Å². The monoisotopic (exact) mass is 404 g/mol. The minimum Gasteiger partial charge on any atom is -0.507 e. The molecule has 5 rings (SSSR count). The summed E-state index contributed by atoms with van der Waals surface area (Å²) in [5.41, 5.74) is 4.38. The molecule has 154 valence electrons. The van der Waals surface area contributed by atoms with Gasteiger partial charge in [-0.3, -0.25) is 4.79 Å². The highest BCUT2D eigenvalue weighted by Crippen LogP contribution is 2.40. The number of nitrogens with zero attached hydrogens (tertiary/aromatic N) is 3. The number of nitrogens with one attached hydrogen (secondary N) is 1. The zero-order valence-electron chi connectivity index (χ0n) is 16.7. The van der Waals surface area contributed by atoms with Crippen LogP contribution in [0.15, 0.2) is 43.0 Å². The first-order chi connectivity index (χ1) is 14.7. The van der Waals surface area contributed by atoms with Crippen LogP contribution in [0.1, 0.15) is 35.9 Å². The largest absolute Gasteiger partial charge is 0.507 e. The number of benzene rings is 1. The Bertz CT molecular complexity index is 1120. The van der Waals surface area contributed by atoms with Gasteiger partial charge in [0, 0.05) is 48.2 Å². The maximum Gasteiger partial charge on any atom is 0.245 e. The summed E-state index contributed by atoms with van der Waals surface area (Å²) in [7, 11) is 0. The third kappa shape index (κ3) is 3.15. The van der Waals surface area contributed by atoms with E-state index in [-0.39, 0.29) is 23.5 Å². The van der Waals surface area contributed by atoms with E-state index in [4.69, 9.17) is 4.74 Å². The van der Waals surface area contributed by atoms with Gasteiger partial charge in [0.1, 0.15) is 5.75 Å². The number of rotatable bonds is 4. The molecule has 0 bridgehead atoms. The Morgan fingerprint density at radius 2 is 2.13 bits per heavy atom. The molecule has 2 aromatic heterocycles. The Kier molecular flexibility index (Phi) is 4.75. The van der Waals surface area contributed by atoms with E-state index in [1.807, 2.05) is 23.1 Å². The van der Waals surface area contributed by atoms with Crippen molar-refractivity contribution in [3.8, 4) is 17.0 Å². The first kappa shape index (κ1) is 18.8. The average molecular weight is 404 g/mol. The molecule has 1 amide bonds. The van der Waals surface area contributed by atoms with Crippen LogP contribution in [-0.4, -0.2) is 57.4 Å². The number of aromatic hydroxyl groups is 1. The van der Waals surface area contributed by atoms with Gasteiger partial charge < -0.3 is 19.7 Å². The highest BCUT2D eigenvalue weighted by atomic mass is 16.5. The van der Waals surface area contributed by atoms with E-state index in [1.165, 1.54) is 11.6 Å². The van der Waals surface area contributed by atoms with Crippen molar-refractivity contribution in [2.45, 2.75) is 24.7 Å². The molecular formula is C23H24N4O3. The Balaban J connectivity index is 1.61. The zero-order valence-corrected chi connectivity index (χ0v) is 16.7. The smallest absolute Gasteiger partial charge is 0.245 e. The summed E-state index contributed by atoms with van der Waals surface area (Å²) in [6.45, 7) is 6.42. The number of hydrogen-bond acceptors (Lipinski definition) is 5. The molecule has 0 aliphatic carbocycles. The molecular weight excluding hydrogens is 380 g/mol. The molecule has 0 saturated carbocycles. The molecule has 2 aliphatic rings. The number of hydrogen-bond donors (Lipinski definition) is 2. The second-order valence-corrected chi connectivity index (χ2v) is 8.00. The Morgan fingerprint density at radius 3 is 2.90 bits per heavy atom. The molecule has 3 aromatic rings. The van der Waals surface area contributed by atoms with E-state index in [2.05, 4.69) is 21.8 Å². The van der Waals surface area contributed by atoms with Crippen LogP contribution in [0.3, 0.4) is 0 Å². The average Bonchev–Trinajstić information content (AvgIpc) is 3.51. The van der Waals surface area contributed by atoms with Gasteiger partial charge >= 0.3 is 0 Å². The number of phenols is 1. The lowest BCUT2D eigenvalue weighted by Gasteiger charge is -2.17. The minimum absolute atomic E-state index is 0.0269. The van der Waals surface area contributed by atoms with Crippen molar-refractivity contribution in [3.63, 3.8) is 0 Å². The van der Waals surface area contributed by atoms with Crippen molar-refractivity contribution in [1.29, 1.82) is 0 Å². The molecule has 2 atom stereocenters. The van der Waals surface area contributed by atoms with Crippen LogP contribution in [0.5, 0.6) is 5.75 Å². The fraction of sp³-hybridized carbons (Fsp3) is 0.348. The molecule has 0 radical (unpaired) electrons. The number of carbonyl (C=O) groups is 1. The first-order valence-corrected chi connectivity index (χ1v) is 10.3. The van der Waals surface area contributed by atoms with E-state index < -0.39 is 0 Å². The van der Waals surface area contributed by atoms with Crippen LogP contribution in [0.2, 0.25) is 0 Å². The first-order valence-electron chi connectivity index (χ1n) is 10.3. The number of aromatic amines is 1. The zero-order chi connectivity index (χ0) is 20.7. The topological polar surface area (TPSA) is 91.3 Å². The van der Waals surface area contributed by atoms with Crippen LogP contribution in [0.25, 0.3) is 22.3 Å². The molecule has 2 N–H and O–H groups in total. The van der Waals surface area contributed by atoms with E-state index in [1.54, 1.807) is 12.1 Å². The normalized spacial score (nSPS) is 21.4. The van der Waals surface area contributed by atoms with E-state index in [9.17, 15) is 9.90 Å². The summed E-state index contributed by atoms with van der Waals surface area (Å²) in [6, 6.07) is 9.16. The molecule has 0 spiro atoms.